The van der Waals surface area contributed by atoms with Crippen molar-refractivity contribution >= 4 is 20.8 Å². The molecule has 3 rings (SSSR count). The van der Waals surface area contributed by atoms with Crippen LogP contribution in [0.1, 0.15) is 0 Å². The fourth-order valence-electron chi connectivity index (χ4n) is 2.49. The second kappa shape index (κ2) is 5.12. The van der Waals surface area contributed by atoms with Crippen molar-refractivity contribution in [1.29, 1.82) is 0 Å². The van der Waals surface area contributed by atoms with Crippen LogP contribution in [-0.4, -0.2) is 55.8 Å². The summed E-state index contributed by atoms with van der Waals surface area (Å²) in [6, 6.07) is 7.09. The number of likely N-dealkylation sites (N-methyl/N-ethyl adjacent to an activating group) is 1. The van der Waals surface area contributed by atoms with E-state index in [1.807, 2.05) is 13.1 Å². The standard InChI is InChI=1S/C14H17N3O2S/c1-16-7-9-17(10-8-16)20(18,19)14-4-2-3-12-11-15-6-5-13(12)14/h2-6,11H,7-10H2,1H3. The third-order valence-corrected chi connectivity index (χ3v) is 5.68. The van der Waals surface area contributed by atoms with E-state index >= 15 is 0 Å². The average molecular weight is 291 g/mol. The molecule has 0 saturated carbocycles. The van der Waals surface area contributed by atoms with E-state index in [0.29, 0.717) is 18.0 Å². The van der Waals surface area contributed by atoms with Crippen molar-refractivity contribution in [3.8, 4) is 0 Å². The largest absolute Gasteiger partial charge is 0.304 e. The van der Waals surface area contributed by atoms with E-state index in [1.165, 1.54) is 0 Å². The van der Waals surface area contributed by atoms with Gasteiger partial charge >= 0.3 is 0 Å². The fraction of sp³-hybridized carbons (Fsp3) is 0.357. The highest BCUT2D eigenvalue weighted by Gasteiger charge is 2.28. The Bertz CT molecular complexity index is 717. The highest BCUT2D eigenvalue weighted by Crippen LogP contribution is 2.25. The lowest BCUT2D eigenvalue weighted by atomic mass is 10.2. The highest BCUT2D eigenvalue weighted by atomic mass is 32.2. The van der Waals surface area contributed by atoms with Gasteiger partial charge in [0, 0.05) is 49.3 Å². The van der Waals surface area contributed by atoms with Gasteiger partial charge in [-0.1, -0.05) is 12.1 Å². The fourth-order valence-corrected chi connectivity index (χ4v) is 4.12. The summed E-state index contributed by atoms with van der Waals surface area (Å²) >= 11 is 0. The summed E-state index contributed by atoms with van der Waals surface area (Å²) in [5.74, 6) is 0. The smallest absolute Gasteiger partial charge is 0.243 e. The zero-order valence-corrected chi connectivity index (χ0v) is 12.2. The first kappa shape index (κ1) is 13.5. The van der Waals surface area contributed by atoms with Crippen LogP contribution in [0.15, 0.2) is 41.6 Å². The molecule has 0 aliphatic carbocycles. The molecular formula is C14H17N3O2S. The maximum atomic E-state index is 12.8. The third-order valence-electron chi connectivity index (χ3n) is 3.72. The van der Waals surface area contributed by atoms with Gasteiger partial charge in [-0.25, -0.2) is 8.42 Å². The lowest BCUT2D eigenvalue weighted by Gasteiger charge is -2.31. The zero-order valence-electron chi connectivity index (χ0n) is 11.4. The van der Waals surface area contributed by atoms with Crippen molar-refractivity contribution < 1.29 is 8.42 Å². The number of nitrogens with zero attached hydrogens (tertiary/aromatic N) is 3. The summed E-state index contributed by atoms with van der Waals surface area (Å²) in [6.07, 6.45) is 3.32. The number of fused-ring (bicyclic) bond motifs is 1. The van der Waals surface area contributed by atoms with Gasteiger partial charge in [0.25, 0.3) is 0 Å². The zero-order chi connectivity index (χ0) is 14.2. The molecule has 6 heteroatoms. The maximum Gasteiger partial charge on any atom is 0.243 e. The number of rotatable bonds is 2. The van der Waals surface area contributed by atoms with Crippen molar-refractivity contribution in [2.24, 2.45) is 0 Å². The highest BCUT2D eigenvalue weighted by molar-refractivity contribution is 7.89. The Labute approximate surface area is 118 Å². The molecule has 5 nitrogen and oxygen atoms in total. The van der Waals surface area contributed by atoms with Crippen LogP contribution in [0, 0.1) is 0 Å². The summed E-state index contributed by atoms with van der Waals surface area (Å²) in [4.78, 5) is 6.56. The third kappa shape index (κ3) is 2.30. The van der Waals surface area contributed by atoms with E-state index in [2.05, 4.69) is 9.88 Å². The molecule has 1 fully saturated rings. The molecule has 0 amide bonds. The van der Waals surface area contributed by atoms with Gasteiger partial charge in [0.2, 0.25) is 10.0 Å². The molecular weight excluding hydrogens is 274 g/mol. The van der Waals surface area contributed by atoms with E-state index in [1.54, 1.807) is 34.9 Å². The van der Waals surface area contributed by atoms with Gasteiger partial charge < -0.3 is 4.90 Å². The van der Waals surface area contributed by atoms with Crippen molar-refractivity contribution in [1.82, 2.24) is 14.2 Å². The van der Waals surface area contributed by atoms with Gasteiger partial charge in [0.15, 0.2) is 0 Å². The van der Waals surface area contributed by atoms with E-state index in [4.69, 9.17) is 0 Å². The minimum atomic E-state index is -3.43. The lowest BCUT2D eigenvalue weighted by molar-refractivity contribution is 0.222. The van der Waals surface area contributed by atoms with Crippen LogP contribution in [0.3, 0.4) is 0 Å². The molecule has 0 N–H and O–H groups in total. The quantitative estimate of drug-likeness (QED) is 0.833. The minimum absolute atomic E-state index is 0.377. The number of piperazine rings is 1. The molecule has 1 aliphatic heterocycles. The van der Waals surface area contributed by atoms with Gasteiger partial charge in [-0.05, 0) is 19.2 Å². The Morgan fingerprint density at radius 1 is 1.10 bits per heavy atom. The van der Waals surface area contributed by atoms with E-state index in [-0.39, 0.29) is 0 Å². The van der Waals surface area contributed by atoms with Gasteiger partial charge in [0.05, 0.1) is 4.90 Å². The van der Waals surface area contributed by atoms with Crippen molar-refractivity contribution in [3.63, 3.8) is 0 Å². The number of benzene rings is 1. The molecule has 2 heterocycles. The Balaban J connectivity index is 2.05. The Kier molecular flexibility index (Phi) is 3.45. The van der Waals surface area contributed by atoms with E-state index in [9.17, 15) is 8.42 Å². The Morgan fingerprint density at radius 3 is 2.60 bits per heavy atom. The number of aromatic nitrogens is 1. The lowest BCUT2D eigenvalue weighted by Crippen LogP contribution is -2.47. The molecule has 0 spiro atoms. The summed E-state index contributed by atoms with van der Waals surface area (Å²) in [6.45, 7) is 2.62. The molecule has 0 radical (unpaired) electrons. The van der Waals surface area contributed by atoms with Crippen LogP contribution in [-0.2, 0) is 10.0 Å². The second-order valence-corrected chi connectivity index (χ2v) is 6.97. The first-order valence-electron chi connectivity index (χ1n) is 6.60. The van der Waals surface area contributed by atoms with Gasteiger partial charge in [-0.3, -0.25) is 4.98 Å². The number of hydrogen-bond acceptors (Lipinski definition) is 4. The topological polar surface area (TPSA) is 53.5 Å². The summed E-state index contributed by atoms with van der Waals surface area (Å²) in [5, 5.41) is 1.59. The van der Waals surface area contributed by atoms with Crippen LogP contribution >= 0.6 is 0 Å². The van der Waals surface area contributed by atoms with E-state index < -0.39 is 10.0 Å². The molecule has 1 aromatic carbocycles. The maximum absolute atomic E-state index is 12.8. The first-order valence-corrected chi connectivity index (χ1v) is 8.04. The molecule has 0 bridgehead atoms. The van der Waals surface area contributed by atoms with Crippen molar-refractivity contribution in [2.45, 2.75) is 4.90 Å². The summed E-state index contributed by atoms with van der Waals surface area (Å²) < 4.78 is 27.2. The first-order chi connectivity index (χ1) is 9.59. The van der Waals surface area contributed by atoms with E-state index in [0.717, 1.165) is 23.9 Å². The molecule has 1 aliphatic rings. The van der Waals surface area contributed by atoms with Crippen LogP contribution in [0.2, 0.25) is 0 Å². The molecule has 0 atom stereocenters. The Hall–Kier alpha value is -1.50. The molecule has 106 valence electrons. The monoisotopic (exact) mass is 291 g/mol. The van der Waals surface area contributed by atoms with Gasteiger partial charge in [0.1, 0.15) is 0 Å². The number of sulfonamides is 1. The number of hydrogen-bond donors (Lipinski definition) is 0. The molecule has 20 heavy (non-hydrogen) atoms. The van der Waals surface area contributed by atoms with Crippen LogP contribution in [0.5, 0.6) is 0 Å². The van der Waals surface area contributed by atoms with Gasteiger partial charge in [-0.15, -0.1) is 0 Å². The SMILES string of the molecule is CN1CCN(S(=O)(=O)c2cccc3cnccc23)CC1. The molecule has 1 aromatic heterocycles. The van der Waals surface area contributed by atoms with Gasteiger partial charge in [-0.2, -0.15) is 4.31 Å². The average Bonchev–Trinajstić information content (AvgIpc) is 2.47. The van der Waals surface area contributed by atoms with Crippen molar-refractivity contribution in [3.05, 3.63) is 36.7 Å². The summed E-state index contributed by atoms with van der Waals surface area (Å²) in [5.41, 5.74) is 0. The number of pyridine rings is 1. The normalized spacial score (nSPS) is 18.4. The minimum Gasteiger partial charge on any atom is -0.304 e. The van der Waals surface area contributed by atoms with Crippen LogP contribution < -0.4 is 0 Å². The Morgan fingerprint density at radius 2 is 1.85 bits per heavy atom. The predicted octanol–water partition coefficient (Wildman–Crippen LogP) is 1.17. The summed E-state index contributed by atoms with van der Waals surface area (Å²) in [7, 11) is -1.43. The van der Waals surface area contributed by atoms with Crippen LogP contribution in [0.4, 0.5) is 0 Å². The molecule has 1 saturated heterocycles. The molecule has 2 aromatic rings. The van der Waals surface area contributed by atoms with Crippen molar-refractivity contribution in [2.75, 3.05) is 33.2 Å². The molecule has 0 unspecified atom stereocenters. The predicted molar refractivity (Wildman–Crippen MR) is 78.0 cm³/mol. The second-order valence-electron chi connectivity index (χ2n) is 5.06. The van der Waals surface area contributed by atoms with Crippen LogP contribution in [0.25, 0.3) is 10.8 Å².